The maximum Gasteiger partial charge on any atom is 0.239 e. The Bertz CT molecular complexity index is 397. The van der Waals surface area contributed by atoms with Crippen LogP contribution in [0.2, 0.25) is 0 Å². The lowest BCUT2D eigenvalue weighted by atomic mass is 9.92. The van der Waals surface area contributed by atoms with Crippen LogP contribution in [0, 0.1) is 5.41 Å². The summed E-state index contributed by atoms with van der Waals surface area (Å²) in [5.74, 6) is 0.308. The average molecular weight is 299 g/mol. The zero-order valence-corrected chi connectivity index (χ0v) is 14.2. The maximum atomic E-state index is 11.7. The Balaban J connectivity index is 4.32. The van der Waals surface area contributed by atoms with Crippen molar-refractivity contribution in [1.82, 2.24) is 21.3 Å². The molecule has 0 fully saturated rings. The van der Waals surface area contributed by atoms with E-state index in [1.807, 2.05) is 34.6 Å². The molecule has 0 aromatic heterocycles. The molecule has 0 atom stereocenters. The van der Waals surface area contributed by atoms with Crippen LogP contribution in [0.4, 0.5) is 0 Å². The maximum absolute atomic E-state index is 11.7. The SMILES string of the molecule is CN=C(NCC(=O)NC(C)(C)C)NCC(C)(C)C(=O)NC. The summed E-state index contributed by atoms with van der Waals surface area (Å²) in [6.07, 6.45) is 0. The van der Waals surface area contributed by atoms with Crippen LogP contribution in [0.25, 0.3) is 0 Å². The molecular formula is C14H29N5O2. The Hall–Kier alpha value is -1.79. The summed E-state index contributed by atoms with van der Waals surface area (Å²) in [5, 5.41) is 11.4. The second-order valence-electron chi connectivity index (χ2n) is 6.54. The minimum atomic E-state index is -0.569. The summed E-state index contributed by atoms with van der Waals surface area (Å²) < 4.78 is 0. The lowest BCUT2D eigenvalue weighted by Crippen LogP contribution is -2.50. The monoisotopic (exact) mass is 299 g/mol. The number of hydrogen-bond donors (Lipinski definition) is 4. The first-order valence-electron chi connectivity index (χ1n) is 6.99. The molecule has 2 amide bonds. The highest BCUT2D eigenvalue weighted by Gasteiger charge is 2.26. The Morgan fingerprint density at radius 1 is 1.05 bits per heavy atom. The average Bonchev–Trinajstić information content (AvgIpc) is 2.35. The summed E-state index contributed by atoms with van der Waals surface area (Å²) in [4.78, 5) is 27.4. The number of aliphatic imine (C=N–C) groups is 1. The minimum Gasteiger partial charge on any atom is -0.359 e. The predicted octanol–water partition coefficient (Wildman–Crippen LogP) is -0.162. The molecule has 21 heavy (non-hydrogen) atoms. The first-order valence-corrected chi connectivity index (χ1v) is 6.99. The number of rotatable bonds is 5. The highest BCUT2D eigenvalue weighted by molar-refractivity contribution is 5.87. The number of nitrogens with one attached hydrogen (secondary N) is 4. The Morgan fingerprint density at radius 3 is 2.05 bits per heavy atom. The van der Waals surface area contributed by atoms with Gasteiger partial charge in [0.15, 0.2) is 5.96 Å². The molecule has 0 aromatic carbocycles. The van der Waals surface area contributed by atoms with Gasteiger partial charge in [0.2, 0.25) is 11.8 Å². The van der Waals surface area contributed by atoms with Gasteiger partial charge in [0.25, 0.3) is 0 Å². The largest absolute Gasteiger partial charge is 0.359 e. The molecule has 0 radical (unpaired) electrons. The van der Waals surface area contributed by atoms with Crippen LogP contribution < -0.4 is 21.3 Å². The van der Waals surface area contributed by atoms with Crippen molar-refractivity contribution in [2.45, 2.75) is 40.2 Å². The lowest BCUT2D eigenvalue weighted by molar-refractivity contribution is -0.128. The standard InChI is InChI=1S/C14H29N5O2/c1-13(2,3)19-10(20)8-17-12(16-7)18-9-14(4,5)11(21)15-6/h8-9H2,1-7H3,(H,15,21)(H,19,20)(H2,16,17,18). The Morgan fingerprint density at radius 2 is 1.62 bits per heavy atom. The molecule has 0 bridgehead atoms. The van der Waals surface area contributed by atoms with Crippen LogP contribution >= 0.6 is 0 Å². The molecule has 0 rings (SSSR count). The number of amides is 2. The number of nitrogens with zero attached hydrogens (tertiary/aromatic N) is 1. The fourth-order valence-corrected chi connectivity index (χ4v) is 1.57. The highest BCUT2D eigenvalue weighted by Crippen LogP contribution is 2.12. The molecule has 122 valence electrons. The van der Waals surface area contributed by atoms with Gasteiger partial charge in [0.05, 0.1) is 12.0 Å². The van der Waals surface area contributed by atoms with Gasteiger partial charge in [-0.15, -0.1) is 0 Å². The minimum absolute atomic E-state index is 0.0593. The fraction of sp³-hybridized carbons (Fsp3) is 0.786. The number of carbonyl (C=O) groups is 2. The highest BCUT2D eigenvalue weighted by atomic mass is 16.2. The van der Waals surface area contributed by atoms with Gasteiger partial charge in [0.1, 0.15) is 0 Å². The van der Waals surface area contributed by atoms with Crippen molar-refractivity contribution in [2.75, 3.05) is 27.2 Å². The van der Waals surface area contributed by atoms with Gasteiger partial charge < -0.3 is 21.3 Å². The van der Waals surface area contributed by atoms with Crippen LogP contribution in [0.5, 0.6) is 0 Å². The molecule has 0 aliphatic rings. The van der Waals surface area contributed by atoms with Gasteiger partial charge in [0, 0.05) is 26.2 Å². The van der Waals surface area contributed by atoms with Gasteiger partial charge in [-0.25, -0.2) is 0 Å². The number of hydrogen-bond acceptors (Lipinski definition) is 3. The van der Waals surface area contributed by atoms with Crippen molar-refractivity contribution in [3.05, 3.63) is 0 Å². The van der Waals surface area contributed by atoms with Crippen LogP contribution in [0.1, 0.15) is 34.6 Å². The van der Waals surface area contributed by atoms with Crippen molar-refractivity contribution in [1.29, 1.82) is 0 Å². The van der Waals surface area contributed by atoms with Crippen molar-refractivity contribution in [2.24, 2.45) is 10.4 Å². The molecule has 0 aromatic rings. The van der Waals surface area contributed by atoms with Crippen molar-refractivity contribution in [3.8, 4) is 0 Å². The van der Waals surface area contributed by atoms with Crippen molar-refractivity contribution < 1.29 is 9.59 Å². The van der Waals surface area contributed by atoms with Crippen molar-refractivity contribution in [3.63, 3.8) is 0 Å². The van der Waals surface area contributed by atoms with E-state index in [9.17, 15) is 9.59 Å². The van der Waals surface area contributed by atoms with E-state index in [0.717, 1.165) is 0 Å². The van der Waals surface area contributed by atoms with E-state index in [0.29, 0.717) is 12.5 Å². The molecule has 0 aliphatic carbocycles. The van der Waals surface area contributed by atoms with Crippen LogP contribution in [-0.4, -0.2) is 50.5 Å². The van der Waals surface area contributed by atoms with E-state index in [1.165, 1.54) is 0 Å². The van der Waals surface area contributed by atoms with Gasteiger partial charge in [-0.05, 0) is 34.6 Å². The second kappa shape index (κ2) is 7.85. The molecule has 7 nitrogen and oxygen atoms in total. The molecular weight excluding hydrogens is 270 g/mol. The molecule has 0 heterocycles. The smallest absolute Gasteiger partial charge is 0.239 e. The molecule has 0 unspecified atom stereocenters. The lowest BCUT2D eigenvalue weighted by Gasteiger charge is -2.24. The van der Waals surface area contributed by atoms with Gasteiger partial charge >= 0.3 is 0 Å². The molecule has 0 saturated heterocycles. The zero-order valence-electron chi connectivity index (χ0n) is 14.2. The predicted molar refractivity (Wildman–Crippen MR) is 85.1 cm³/mol. The summed E-state index contributed by atoms with van der Waals surface area (Å²) in [5.41, 5.74) is -0.836. The summed E-state index contributed by atoms with van der Waals surface area (Å²) >= 11 is 0. The summed E-state index contributed by atoms with van der Waals surface area (Å²) in [6, 6.07) is 0. The first-order chi connectivity index (χ1) is 9.51. The van der Waals surface area contributed by atoms with E-state index in [2.05, 4.69) is 26.3 Å². The van der Waals surface area contributed by atoms with Crippen LogP contribution in [-0.2, 0) is 9.59 Å². The second-order valence-corrected chi connectivity index (χ2v) is 6.54. The van der Waals surface area contributed by atoms with Gasteiger partial charge in [-0.1, -0.05) is 0 Å². The quantitative estimate of drug-likeness (QED) is 0.419. The van der Waals surface area contributed by atoms with E-state index in [-0.39, 0.29) is 23.9 Å². The number of guanidine groups is 1. The molecule has 0 spiro atoms. The molecule has 7 heteroatoms. The Labute approximate surface area is 127 Å². The third-order valence-corrected chi connectivity index (χ3v) is 2.69. The third-order valence-electron chi connectivity index (χ3n) is 2.69. The molecule has 4 N–H and O–H groups in total. The Kier molecular flexibility index (Phi) is 7.18. The van der Waals surface area contributed by atoms with E-state index in [1.54, 1.807) is 14.1 Å². The van der Waals surface area contributed by atoms with Crippen LogP contribution in [0.3, 0.4) is 0 Å². The normalized spacial score (nSPS) is 12.6. The van der Waals surface area contributed by atoms with E-state index < -0.39 is 5.41 Å². The van der Waals surface area contributed by atoms with E-state index in [4.69, 9.17) is 0 Å². The molecule has 0 aliphatic heterocycles. The van der Waals surface area contributed by atoms with Gasteiger partial charge in [-0.2, -0.15) is 0 Å². The summed E-state index contributed by atoms with van der Waals surface area (Å²) in [7, 11) is 3.22. The van der Waals surface area contributed by atoms with Crippen LogP contribution in [0.15, 0.2) is 4.99 Å². The van der Waals surface area contributed by atoms with Gasteiger partial charge in [-0.3, -0.25) is 14.6 Å². The molecule has 0 saturated carbocycles. The number of carbonyl (C=O) groups excluding carboxylic acids is 2. The first kappa shape index (κ1) is 19.2. The van der Waals surface area contributed by atoms with E-state index >= 15 is 0 Å². The van der Waals surface area contributed by atoms with Crippen molar-refractivity contribution >= 4 is 17.8 Å². The summed E-state index contributed by atoms with van der Waals surface area (Å²) in [6.45, 7) is 9.96. The fourth-order valence-electron chi connectivity index (χ4n) is 1.57. The third kappa shape index (κ3) is 8.16. The topological polar surface area (TPSA) is 94.6 Å². The zero-order chi connectivity index (χ0) is 16.7.